The van der Waals surface area contributed by atoms with Crippen LogP contribution in [0.2, 0.25) is 0 Å². The topological polar surface area (TPSA) is 103 Å². The van der Waals surface area contributed by atoms with Crippen LogP contribution in [0.15, 0.2) is 28.9 Å². The monoisotopic (exact) mass is 339 g/mol. The van der Waals surface area contributed by atoms with Crippen LogP contribution in [-0.4, -0.2) is 25.6 Å². The highest BCUT2D eigenvalue weighted by Gasteiger charge is 2.19. The molecule has 20 heavy (non-hydrogen) atoms. The lowest BCUT2D eigenvalue weighted by Crippen LogP contribution is -2.21. The van der Waals surface area contributed by atoms with Crippen molar-refractivity contribution in [3.63, 3.8) is 0 Å². The molecule has 0 unspecified atom stereocenters. The quantitative estimate of drug-likeness (QED) is 0.676. The lowest BCUT2D eigenvalue weighted by atomic mass is 10.4. The number of aromatic nitrogens is 3. The molecule has 2 aromatic heterocycles. The van der Waals surface area contributed by atoms with E-state index in [1.54, 1.807) is 19.1 Å². The van der Waals surface area contributed by atoms with E-state index in [4.69, 9.17) is 0 Å². The molecule has 2 rings (SSSR count). The second-order valence-electron chi connectivity index (χ2n) is 3.97. The van der Waals surface area contributed by atoms with Crippen LogP contribution >= 0.6 is 15.9 Å². The van der Waals surface area contributed by atoms with Gasteiger partial charge >= 0.3 is 5.82 Å². The Balaban J connectivity index is 2.08. The zero-order valence-corrected chi connectivity index (χ0v) is 12.0. The molecule has 0 saturated heterocycles. The van der Waals surface area contributed by atoms with Crippen molar-refractivity contribution in [2.24, 2.45) is 0 Å². The number of carbonyl (C=O) groups excluding carboxylic acids is 1. The molecule has 0 aliphatic heterocycles. The summed E-state index contributed by atoms with van der Waals surface area (Å²) in [5.41, 5.74) is 0.478. The van der Waals surface area contributed by atoms with Crippen molar-refractivity contribution in [1.82, 2.24) is 14.8 Å². The molecule has 9 heteroatoms. The Morgan fingerprint density at radius 3 is 2.90 bits per heavy atom. The summed E-state index contributed by atoms with van der Waals surface area (Å²) in [6, 6.07) is 4.65. The van der Waals surface area contributed by atoms with Gasteiger partial charge in [0.15, 0.2) is 6.54 Å². The Labute approximate surface area is 122 Å². The molecule has 0 aliphatic carbocycles. The number of anilines is 1. The SMILES string of the molecule is Cc1cc([N+](=O)[O-])n(CC(=O)Nc2ccc(Br)cn2)n1. The van der Waals surface area contributed by atoms with Crippen LogP contribution in [0.3, 0.4) is 0 Å². The summed E-state index contributed by atoms with van der Waals surface area (Å²) >= 11 is 3.23. The summed E-state index contributed by atoms with van der Waals surface area (Å²) < 4.78 is 1.83. The molecule has 0 spiro atoms. The number of nitro groups is 1. The Hall–Kier alpha value is -2.29. The van der Waals surface area contributed by atoms with Crippen LogP contribution in [0.25, 0.3) is 0 Å². The minimum Gasteiger partial charge on any atom is -0.358 e. The molecule has 0 bridgehead atoms. The average molecular weight is 340 g/mol. The van der Waals surface area contributed by atoms with Gasteiger partial charge in [-0.05, 0) is 39.9 Å². The molecule has 0 atom stereocenters. The first kappa shape index (κ1) is 14.1. The van der Waals surface area contributed by atoms with Crippen molar-refractivity contribution >= 4 is 33.5 Å². The van der Waals surface area contributed by atoms with E-state index in [2.05, 4.69) is 31.3 Å². The third-order valence-corrected chi connectivity index (χ3v) is 2.83. The molecule has 2 aromatic rings. The van der Waals surface area contributed by atoms with Crippen molar-refractivity contribution in [3.8, 4) is 0 Å². The van der Waals surface area contributed by atoms with Gasteiger partial charge in [-0.15, -0.1) is 4.68 Å². The van der Waals surface area contributed by atoms with E-state index in [0.29, 0.717) is 11.5 Å². The minimum absolute atomic E-state index is 0.221. The maximum atomic E-state index is 11.8. The standard InChI is InChI=1S/C11H10BrN5O3/c1-7-4-11(17(19)20)16(15-7)6-10(18)14-9-3-2-8(12)5-13-9/h2-5H,6H2,1H3,(H,13,14,18). The first-order valence-corrected chi connectivity index (χ1v) is 6.35. The second-order valence-corrected chi connectivity index (χ2v) is 4.88. The summed E-state index contributed by atoms with van der Waals surface area (Å²) in [5, 5.41) is 17.3. The molecule has 104 valence electrons. The van der Waals surface area contributed by atoms with Crippen molar-refractivity contribution in [2.75, 3.05) is 5.32 Å². The Morgan fingerprint density at radius 2 is 2.30 bits per heavy atom. The van der Waals surface area contributed by atoms with Gasteiger partial charge in [-0.3, -0.25) is 4.79 Å². The van der Waals surface area contributed by atoms with E-state index in [1.165, 1.54) is 12.3 Å². The highest BCUT2D eigenvalue weighted by molar-refractivity contribution is 9.10. The highest BCUT2D eigenvalue weighted by atomic mass is 79.9. The summed E-state index contributed by atoms with van der Waals surface area (Å²) in [4.78, 5) is 26.0. The normalized spacial score (nSPS) is 10.3. The molecule has 0 radical (unpaired) electrons. The lowest BCUT2D eigenvalue weighted by molar-refractivity contribution is -0.392. The largest absolute Gasteiger partial charge is 0.358 e. The number of aryl methyl sites for hydroxylation is 1. The number of pyridine rings is 1. The zero-order valence-electron chi connectivity index (χ0n) is 10.4. The van der Waals surface area contributed by atoms with E-state index in [0.717, 1.165) is 9.15 Å². The van der Waals surface area contributed by atoms with Crippen LogP contribution < -0.4 is 5.32 Å². The van der Waals surface area contributed by atoms with Crippen LogP contribution in [0.5, 0.6) is 0 Å². The van der Waals surface area contributed by atoms with Gasteiger partial charge in [0.2, 0.25) is 0 Å². The van der Waals surface area contributed by atoms with Crippen LogP contribution in [0.4, 0.5) is 11.6 Å². The van der Waals surface area contributed by atoms with Gasteiger partial charge in [-0.1, -0.05) is 5.10 Å². The number of hydrogen-bond acceptors (Lipinski definition) is 5. The Morgan fingerprint density at radius 1 is 1.55 bits per heavy atom. The highest BCUT2D eigenvalue weighted by Crippen LogP contribution is 2.14. The predicted octanol–water partition coefficient (Wildman–Crippen LogP) is 1.90. The molecular weight excluding hydrogens is 330 g/mol. The third-order valence-electron chi connectivity index (χ3n) is 2.36. The van der Waals surface area contributed by atoms with Crippen LogP contribution in [0, 0.1) is 17.0 Å². The molecule has 8 nitrogen and oxygen atoms in total. The smallest absolute Gasteiger partial charge is 0.345 e. The number of halogens is 1. The molecule has 1 amide bonds. The summed E-state index contributed by atoms with van der Waals surface area (Å²) in [7, 11) is 0. The summed E-state index contributed by atoms with van der Waals surface area (Å²) in [6.45, 7) is 1.37. The van der Waals surface area contributed by atoms with E-state index >= 15 is 0 Å². The van der Waals surface area contributed by atoms with Gasteiger partial charge in [0.1, 0.15) is 5.82 Å². The fourth-order valence-electron chi connectivity index (χ4n) is 1.56. The van der Waals surface area contributed by atoms with Gasteiger partial charge in [0, 0.05) is 10.7 Å². The third kappa shape index (κ3) is 3.38. The Kier molecular flexibility index (Phi) is 4.08. The molecule has 0 saturated carbocycles. The molecule has 2 heterocycles. The fourth-order valence-corrected chi connectivity index (χ4v) is 1.80. The van der Waals surface area contributed by atoms with Crippen molar-refractivity contribution < 1.29 is 9.72 Å². The average Bonchev–Trinajstić information content (AvgIpc) is 2.73. The predicted molar refractivity (Wildman–Crippen MR) is 74.2 cm³/mol. The first-order valence-electron chi connectivity index (χ1n) is 5.56. The van der Waals surface area contributed by atoms with E-state index in [-0.39, 0.29) is 12.4 Å². The number of nitrogens with zero attached hydrogens (tertiary/aromatic N) is 4. The van der Waals surface area contributed by atoms with Gasteiger partial charge in [-0.25, -0.2) is 4.98 Å². The van der Waals surface area contributed by atoms with E-state index < -0.39 is 10.8 Å². The molecule has 1 N–H and O–H groups in total. The number of amides is 1. The van der Waals surface area contributed by atoms with Gasteiger partial charge in [-0.2, -0.15) is 0 Å². The molecule has 0 aliphatic rings. The summed E-state index contributed by atoms with van der Waals surface area (Å²) in [5.74, 6) is -0.294. The number of hydrogen-bond donors (Lipinski definition) is 1. The second kappa shape index (κ2) is 5.78. The van der Waals surface area contributed by atoms with Crippen molar-refractivity contribution in [1.29, 1.82) is 0 Å². The maximum absolute atomic E-state index is 11.8. The van der Waals surface area contributed by atoms with Gasteiger partial charge < -0.3 is 15.4 Å². The lowest BCUT2D eigenvalue weighted by Gasteiger charge is -2.03. The zero-order chi connectivity index (χ0) is 14.7. The molecular formula is C11H10BrN5O3. The summed E-state index contributed by atoms with van der Waals surface area (Å²) in [6.07, 6.45) is 1.54. The Bertz CT molecular complexity index is 653. The van der Waals surface area contributed by atoms with Crippen LogP contribution in [-0.2, 0) is 11.3 Å². The number of rotatable bonds is 4. The number of nitrogens with one attached hydrogen (secondary N) is 1. The first-order chi connectivity index (χ1) is 9.45. The maximum Gasteiger partial charge on any atom is 0.345 e. The molecule has 0 aromatic carbocycles. The van der Waals surface area contributed by atoms with E-state index in [9.17, 15) is 14.9 Å². The van der Waals surface area contributed by atoms with Crippen molar-refractivity contribution in [2.45, 2.75) is 13.5 Å². The van der Waals surface area contributed by atoms with Crippen LogP contribution in [0.1, 0.15) is 5.69 Å². The number of carbonyl (C=O) groups is 1. The fraction of sp³-hybridized carbons (Fsp3) is 0.182. The van der Waals surface area contributed by atoms with Gasteiger partial charge in [0.05, 0.1) is 11.8 Å². The van der Waals surface area contributed by atoms with Crippen molar-refractivity contribution in [3.05, 3.63) is 44.7 Å². The van der Waals surface area contributed by atoms with E-state index in [1.807, 2.05) is 0 Å². The van der Waals surface area contributed by atoms with Gasteiger partial charge in [0.25, 0.3) is 5.91 Å². The molecule has 0 fully saturated rings. The minimum atomic E-state index is -0.578.